The van der Waals surface area contributed by atoms with Crippen molar-refractivity contribution in [1.82, 2.24) is 9.91 Å². The lowest BCUT2D eigenvalue weighted by molar-refractivity contribution is -0.572. The minimum absolute atomic E-state index is 0.0932. The molecule has 0 aromatic rings. The SMILES string of the molecule is CCN1N=CN(C(C)C)C1[N+](=O)[O-]. The molecule has 1 atom stereocenters. The number of hydrazone groups is 1. The molecule has 0 N–H and O–H groups in total. The third-order valence-electron chi connectivity index (χ3n) is 1.98. The lowest BCUT2D eigenvalue weighted by Crippen LogP contribution is -2.48. The zero-order valence-corrected chi connectivity index (χ0v) is 8.04. The normalized spacial score (nSPS) is 21.7. The molecule has 0 bridgehead atoms. The van der Waals surface area contributed by atoms with Crippen molar-refractivity contribution >= 4 is 6.34 Å². The number of rotatable bonds is 3. The molecule has 0 saturated carbocycles. The molecular weight excluding hydrogens is 172 g/mol. The zero-order valence-electron chi connectivity index (χ0n) is 8.04. The first-order valence-electron chi connectivity index (χ1n) is 4.29. The second kappa shape index (κ2) is 3.59. The number of hydrogen-bond donors (Lipinski definition) is 0. The molecule has 1 aliphatic heterocycles. The van der Waals surface area contributed by atoms with Crippen molar-refractivity contribution in [2.24, 2.45) is 5.10 Å². The van der Waals surface area contributed by atoms with Crippen LogP contribution >= 0.6 is 0 Å². The van der Waals surface area contributed by atoms with Crippen LogP contribution < -0.4 is 0 Å². The summed E-state index contributed by atoms with van der Waals surface area (Å²) in [4.78, 5) is 12.0. The van der Waals surface area contributed by atoms with Crippen LogP contribution in [-0.2, 0) is 0 Å². The van der Waals surface area contributed by atoms with Gasteiger partial charge in [-0.15, -0.1) is 0 Å². The first-order chi connectivity index (χ1) is 6.07. The molecule has 0 aromatic carbocycles. The first-order valence-corrected chi connectivity index (χ1v) is 4.29. The van der Waals surface area contributed by atoms with E-state index in [-0.39, 0.29) is 11.0 Å². The molecule has 0 fully saturated rings. The molecule has 74 valence electrons. The lowest BCUT2D eigenvalue weighted by Gasteiger charge is -2.24. The van der Waals surface area contributed by atoms with E-state index in [0.717, 1.165) is 0 Å². The van der Waals surface area contributed by atoms with Crippen LogP contribution in [-0.4, -0.2) is 40.0 Å². The topological polar surface area (TPSA) is 62.0 Å². The fraction of sp³-hybridized carbons (Fsp3) is 0.857. The number of hydrogen-bond acceptors (Lipinski definition) is 5. The summed E-state index contributed by atoms with van der Waals surface area (Å²) in [5, 5.41) is 16.1. The Hall–Kier alpha value is -1.33. The molecule has 0 saturated heterocycles. The monoisotopic (exact) mass is 186 g/mol. The van der Waals surface area contributed by atoms with E-state index in [9.17, 15) is 10.1 Å². The molecule has 0 spiro atoms. The molecular formula is C7H14N4O2. The Morgan fingerprint density at radius 1 is 1.69 bits per heavy atom. The van der Waals surface area contributed by atoms with Gasteiger partial charge in [-0.25, -0.2) is 5.01 Å². The second-order valence-corrected chi connectivity index (χ2v) is 3.16. The second-order valence-electron chi connectivity index (χ2n) is 3.16. The average Bonchev–Trinajstić information content (AvgIpc) is 2.46. The fourth-order valence-corrected chi connectivity index (χ4v) is 1.26. The summed E-state index contributed by atoms with van der Waals surface area (Å²) >= 11 is 0. The maximum Gasteiger partial charge on any atom is 0.384 e. The van der Waals surface area contributed by atoms with Crippen molar-refractivity contribution in [1.29, 1.82) is 0 Å². The van der Waals surface area contributed by atoms with E-state index < -0.39 is 6.29 Å². The highest BCUT2D eigenvalue weighted by Gasteiger charge is 2.38. The predicted molar refractivity (Wildman–Crippen MR) is 48.6 cm³/mol. The highest BCUT2D eigenvalue weighted by atomic mass is 16.6. The van der Waals surface area contributed by atoms with Crippen LogP contribution in [0.2, 0.25) is 0 Å². The van der Waals surface area contributed by atoms with E-state index in [1.54, 1.807) is 4.90 Å². The van der Waals surface area contributed by atoms with Crippen molar-refractivity contribution in [3.63, 3.8) is 0 Å². The van der Waals surface area contributed by atoms with Gasteiger partial charge in [0.1, 0.15) is 6.34 Å². The Morgan fingerprint density at radius 2 is 2.31 bits per heavy atom. The minimum atomic E-state index is -0.829. The Morgan fingerprint density at radius 3 is 2.69 bits per heavy atom. The Bertz CT molecular complexity index is 229. The van der Waals surface area contributed by atoms with Crippen LogP contribution in [0.25, 0.3) is 0 Å². The summed E-state index contributed by atoms with van der Waals surface area (Å²) in [6.45, 7) is 6.20. The maximum absolute atomic E-state index is 10.7. The molecule has 1 rings (SSSR count). The molecule has 1 heterocycles. The van der Waals surface area contributed by atoms with Gasteiger partial charge in [0.15, 0.2) is 0 Å². The van der Waals surface area contributed by atoms with E-state index in [2.05, 4.69) is 5.10 Å². The van der Waals surface area contributed by atoms with Gasteiger partial charge in [-0.1, -0.05) is 0 Å². The van der Waals surface area contributed by atoms with Gasteiger partial charge < -0.3 is 0 Å². The highest BCUT2D eigenvalue weighted by Crippen LogP contribution is 2.15. The van der Waals surface area contributed by atoms with Gasteiger partial charge in [-0.05, 0) is 20.8 Å². The summed E-state index contributed by atoms with van der Waals surface area (Å²) in [5.74, 6) is 0. The number of nitrogens with zero attached hydrogens (tertiary/aromatic N) is 4. The van der Waals surface area contributed by atoms with Gasteiger partial charge in [0.05, 0.1) is 4.92 Å². The van der Waals surface area contributed by atoms with Crippen LogP contribution in [0.1, 0.15) is 20.8 Å². The van der Waals surface area contributed by atoms with Crippen LogP contribution in [0.5, 0.6) is 0 Å². The van der Waals surface area contributed by atoms with Crippen molar-refractivity contribution in [3.8, 4) is 0 Å². The van der Waals surface area contributed by atoms with E-state index in [0.29, 0.717) is 6.54 Å². The van der Waals surface area contributed by atoms with Crippen molar-refractivity contribution in [2.45, 2.75) is 33.1 Å². The standard InChI is InChI=1S/C7H14N4O2/c1-4-10-7(11(12)13)9(5-8-10)6(2)3/h5-7H,4H2,1-3H3. The van der Waals surface area contributed by atoms with Gasteiger partial charge in [0.2, 0.25) is 0 Å². The average molecular weight is 186 g/mol. The molecule has 0 radical (unpaired) electrons. The van der Waals surface area contributed by atoms with Crippen LogP contribution in [0.15, 0.2) is 5.10 Å². The highest BCUT2D eigenvalue weighted by molar-refractivity contribution is 5.57. The summed E-state index contributed by atoms with van der Waals surface area (Å²) in [7, 11) is 0. The lowest BCUT2D eigenvalue weighted by atomic mass is 10.3. The molecule has 0 aliphatic carbocycles. The predicted octanol–water partition coefficient (Wildman–Crippen LogP) is 0.536. The third kappa shape index (κ3) is 1.71. The molecule has 1 unspecified atom stereocenters. The summed E-state index contributed by atoms with van der Waals surface area (Å²) < 4.78 is 0. The first kappa shape index (κ1) is 9.76. The molecule has 6 nitrogen and oxygen atoms in total. The van der Waals surface area contributed by atoms with Crippen LogP contribution in [0.4, 0.5) is 0 Å². The van der Waals surface area contributed by atoms with E-state index in [1.807, 2.05) is 20.8 Å². The van der Waals surface area contributed by atoms with Gasteiger partial charge in [0.25, 0.3) is 0 Å². The summed E-state index contributed by atoms with van der Waals surface area (Å²) in [6, 6.07) is 0.0932. The quantitative estimate of drug-likeness (QED) is 0.476. The summed E-state index contributed by atoms with van der Waals surface area (Å²) in [6.07, 6.45) is 0.701. The van der Waals surface area contributed by atoms with Gasteiger partial charge in [-0.2, -0.15) is 5.10 Å². The van der Waals surface area contributed by atoms with Crippen LogP contribution in [0.3, 0.4) is 0 Å². The fourth-order valence-electron chi connectivity index (χ4n) is 1.26. The smallest absolute Gasteiger partial charge is 0.276 e. The third-order valence-corrected chi connectivity index (χ3v) is 1.98. The van der Waals surface area contributed by atoms with Crippen molar-refractivity contribution < 1.29 is 4.92 Å². The Kier molecular flexibility index (Phi) is 2.69. The molecule has 0 aromatic heterocycles. The van der Waals surface area contributed by atoms with E-state index in [1.165, 1.54) is 11.3 Å². The zero-order chi connectivity index (χ0) is 10.0. The molecule has 6 heteroatoms. The Balaban J connectivity index is 2.78. The number of nitro groups is 1. The van der Waals surface area contributed by atoms with Gasteiger partial charge >= 0.3 is 6.29 Å². The molecule has 13 heavy (non-hydrogen) atoms. The molecule has 1 aliphatic rings. The minimum Gasteiger partial charge on any atom is -0.276 e. The van der Waals surface area contributed by atoms with Crippen molar-refractivity contribution in [2.75, 3.05) is 6.54 Å². The van der Waals surface area contributed by atoms with Crippen LogP contribution in [0, 0.1) is 10.1 Å². The largest absolute Gasteiger partial charge is 0.384 e. The summed E-state index contributed by atoms with van der Waals surface area (Å²) in [5.41, 5.74) is 0. The van der Waals surface area contributed by atoms with Gasteiger partial charge in [0, 0.05) is 12.6 Å². The van der Waals surface area contributed by atoms with Crippen molar-refractivity contribution in [3.05, 3.63) is 10.1 Å². The maximum atomic E-state index is 10.7. The van der Waals surface area contributed by atoms with E-state index >= 15 is 0 Å². The Labute approximate surface area is 77.0 Å². The van der Waals surface area contributed by atoms with E-state index in [4.69, 9.17) is 0 Å². The molecule has 0 amide bonds. The van der Waals surface area contributed by atoms with Gasteiger partial charge in [-0.3, -0.25) is 15.0 Å².